The second-order valence-electron chi connectivity index (χ2n) is 3.17. The van der Waals surface area contributed by atoms with Gasteiger partial charge in [-0.15, -0.1) is 0 Å². The Balaban J connectivity index is 2.60. The van der Waals surface area contributed by atoms with E-state index in [1.54, 1.807) is 34.6 Å². The summed E-state index contributed by atoms with van der Waals surface area (Å²) in [6.45, 7) is 0. The van der Waals surface area contributed by atoms with Crippen molar-refractivity contribution in [3.05, 3.63) is 40.2 Å². The van der Waals surface area contributed by atoms with Gasteiger partial charge in [0.15, 0.2) is 0 Å². The molecule has 86 valence electrons. The molecule has 0 bridgehead atoms. The number of carbonyl (C=O) groups is 1. The topological polar surface area (TPSA) is 72.5 Å². The van der Waals surface area contributed by atoms with E-state index in [2.05, 4.69) is 22.6 Å². The number of carboxylic acids is 1. The van der Waals surface area contributed by atoms with Crippen LogP contribution in [0.1, 0.15) is 5.56 Å². The summed E-state index contributed by atoms with van der Waals surface area (Å²) < 4.78 is 6.98. The average Bonchev–Trinajstić information content (AvgIpc) is 2.28. The molecule has 5 heteroatoms. The van der Waals surface area contributed by atoms with Crippen molar-refractivity contribution in [1.82, 2.24) is 0 Å². The molecule has 1 aromatic carbocycles. The van der Waals surface area contributed by atoms with Gasteiger partial charge in [-0.3, -0.25) is 4.79 Å². The highest BCUT2D eigenvalue weighted by molar-refractivity contribution is 14.1. The Hall–Kier alpha value is -1.08. The number of benzene rings is 1. The molecular weight excluding hydrogens is 321 g/mol. The molecule has 0 heterocycles. The first-order chi connectivity index (χ1) is 7.63. The minimum absolute atomic E-state index is 0.317. The summed E-state index contributed by atoms with van der Waals surface area (Å²) in [6, 6.07) is 6.31. The van der Waals surface area contributed by atoms with Crippen molar-refractivity contribution in [3.63, 3.8) is 0 Å². The number of hydrogen-bond donors (Lipinski definition) is 2. The Morgan fingerprint density at radius 3 is 2.62 bits per heavy atom. The van der Waals surface area contributed by atoms with Crippen molar-refractivity contribution in [3.8, 4) is 5.75 Å². The second-order valence-corrected chi connectivity index (χ2v) is 3.89. The van der Waals surface area contributed by atoms with Crippen LogP contribution in [0.5, 0.6) is 5.75 Å². The summed E-state index contributed by atoms with van der Waals surface area (Å²) in [6.07, 6.45) is 1.89. The lowest BCUT2D eigenvalue weighted by Crippen LogP contribution is -2.32. The van der Waals surface area contributed by atoms with Gasteiger partial charge in [-0.1, -0.05) is 12.1 Å². The molecule has 0 spiro atoms. The Morgan fingerprint density at radius 2 is 2.12 bits per heavy atom. The van der Waals surface area contributed by atoms with Crippen molar-refractivity contribution in [2.24, 2.45) is 5.73 Å². The molecule has 3 N–H and O–H groups in total. The molecular formula is C11H12INO3. The van der Waals surface area contributed by atoms with Gasteiger partial charge in [0.1, 0.15) is 11.8 Å². The smallest absolute Gasteiger partial charge is 0.320 e. The van der Waals surface area contributed by atoms with Crippen LogP contribution in [0.3, 0.4) is 0 Å². The van der Waals surface area contributed by atoms with E-state index in [-0.39, 0.29) is 0 Å². The molecule has 0 radical (unpaired) electrons. The predicted octanol–water partition coefficient (Wildman–Crippen LogP) is 1.93. The number of hydrogen-bond acceptors (Lipinski definition) is 3. The molecule has 0 aromatic heterocycles. The summed E-state index contributed by atoms with van der Waals surface area (Å²) in [7, 11) is 0. The predicted molar refractivity (Wildman–Crippen MR) is 69.5 cm³/mol. The molecule has 1 rings (SSSR count). The highest BCUT2D eigenvalue weighted by Gasteiger charge is 2.11. The van der Waals surface area contributed by atoms with Gasteiger partial charge in [0.05, 0.1) is 6.26 Å². The number of carboxylic acid groups (broad SMARTS) is 1. The van der Waals surface area contributed by atoms with Crippen LogP contribution in [0.15, 0.2) is 34.6 Å². The molecule has 4 nitrogen and oxygen atoms in total. The number of nitrogens with two attached hydrogens (primary N) is 1. The van der Waals surface area contributed by atoms with Gasteiger partial charge < -0.3 is 15.6 Å². The van der Waals surface area contributed by atoms with Crippen LogP contribution >= 0.6 is 22.6 Å². The first-order valence-corrected chi connectivity index (χ1v) is 5.87. The Bertz CT molecular complexity index is 375. The third kappa shape index (κ3) is 4.19. The van der Waals surface area contributed by atoms with Gasteiger partial charge in [-0.25, -0.2) is 0 Å². The monoisotopic (exact) mass is 333 g/mol. The van der Waals surface area contributed by atoms with Crippen LogP contribution in [0, 0.1) is 0 Å². The number of aliphatic carboxylic acids is 1. The fraction of sp³-hybridized carbons (Fsp3) is 0.182. The molecule has 1 atom stereocenters. The van der Waals surface area contributed by atoms with Crippen molar-refractivity contribution in [2.75, 3.05) is 0 Å². The molecule has 16 heavy (non-hydrogen) atoms. The number of rotatable bonds is 5. The van der Waals surface area contributed by atoms with E-state index in [9.17, 15) is 4.79 Å². The molecule has 0 saturated carbocycles. The molecule has 1 aromatic rings. The van der Waals surface area contributed by atoms with E-state index in [4.69, 9.17) is 15.6 Å². The zero-order chi connectivity index (χ0) is 12.0. The summed E-state index contributed by atoms with van der Waals surface area (Å²) in [4.78, 5) is 10.6. The number of ether oxygens (including phenoxy) is 1. The zero-order valence-electron chi connectivity index (χ0n) is 8.47. The third-order valence-corrected chi connectivity index (χ3v) is 2.25. The third-order valence-electron chi connectivity index (χ3n) is 1.95. The molecule has 0 saturated heterocycles. The van der Waals surface area contributed by atoms with E-state index in [1.165, 1.54) is 0 Å². The minimum Gasteiger partial charge on any atom is -0.480 e. The normalized spacial score (nSPS) is 12.6. The lowest BCUT2D eigenvalue weighted by molar-refractivity contribution is -0.138. The average molecular weight is 333 g/mol. The maximum absolute atomic E-state index is 10.6. The van der Waals surface area contributed by atoms with Crippen molar-refractivity contribution >= 4 is 28.6 Å². The second kappa shape index (κ2) is 6.49. The molecule has 0 fully saturated rings. The standard InChI is InChI=1S/C11H12INO3/c12-5-6-16-9-3-1-8(2-4-9)7-10(13)11(14)15/h1-6,10H,7,13H2,(H,14,15)/b6-5+/t10-/m0/s1. The summed E-state index contributed by atoms with van der Waals surface area (Å²) in [5.41, 5.74) is 6.30. The lowest BCUT2D eigenvalue weighted by atomic mass is 10.1. The first-order valence-electron chi connectivity index (χ1n) is 4.62. The van der Waals surface area contributed by atoms with Gasteiger partial charge in [0, 0.05) is 4.08 Å². The zero-order valence-corrected chi connectivity index (χ0v) is 10.6. The van der Waals surface area contributed by atoms with E-state index in [1.807, 2.05) is 0 Å². The highest BCUT2D eigenvalue weighted by atomic mass is 127. The van der Waals surface area contributed by atoms with Crippen LogP contribution in [0.4, 0.5) is 0 Å². The van der Waals surface area contributed by atoms with Crippen LogP contribution in [0.25, 0.3) is 0 Å². The van der Waals surface area contributed by atoms with E-state index < -0.39 is 12.0 Å². The Labute approximate surface area is 107 Å². The maximum atomic E-state index is 10.6. The molecule has 0 aliphatic carbocycles. The van der Waals surface area contributed by atoms with Crippen LogP contribution in [-0.2, 0) is 11.2 Å². The largest absolute Gasteiger partial charge is 0.480 e. The SMILES string of the molecule is N[C@@H](Cc1ccc(O/C=C/I)cc1)C(=O)O. The fourth-order valence-electron chi connectivity index (χ4n) is 1.15. The van der Waals surface area contributed by atoms with E-state index in [0.29, 0.717) is 12.2 Å². The van der Waals surface area contributed by atoms with Gasteiger partial charge >= 0.3 is 5.97 Å². The highest BCUT2D eigenvalue weighted by Crippen LogP contribution is 2.13. The Kier molecular flexibility index (Phi) is 5.27. The minimum atomic E-state index is -0.992. The Morgan fingerprint density at radius 1 is 1.50 bits per heavy atom. The molecule has 0 unspecified atom stereocenters. The van der Waals surface area contributed by atoms with Gasteiger partial charge in [0.25, 0.3) is 0 Å². The summed E-state index contributed by atoms with van der Waals surface area (Å²) >= 11 is 2.06. The van der Waals surface area contributed by atoms with E-state index >= 15 is 0 Å². The lowest BCUT2D eigenvalue weighted by Gasteiger charge is -2.06. The van der Waals surface area contributed by atoms with Crippen molar-refractivity contribution < 1.29 is 14.6 Å². The molecule has 0 aliphatic rings. The van der Waals surface area contributed by atoms with Gasteiger partial charge in [0.2, 0.25) is 0 Å². The van der Waals surface area contributed by atoms with Crippen molar-refractivity contribution in [2.45, 2.75) is 12.5 Å². The van der Waals surface area contributed by atoms with Gasteiger partial charge in [-0.05, 0) is 46.7 Å². The number of halogens is 1. The van der Waals surface area contributed by atoms with Crippen molar-refractivity contribution in [1.29, 1.82) is 0 Å². The summed E-state index contributed by atoms with van der Waals surface area (Å²) in [5, 5.41) is 8.65. The summed E-state index contributed by atoms with van der Waals surface area (Å²) in [5.74, 6) is -0.284. The fourth-order valence-corrected chi connectivity index (χ4v) is 1.30. The van der Waals surface area contributed by atoms with E-state index in [0.717, 1.165) is 5.56 Å². The van der Waals surface area contributed by atoms with Crippen LogP contribution in [0.2, 0.25) is 0 Å². The van der Waals surface area contributed by atoms with Gasteiger partial charge in [-0.2, -0.15) is 0 Å². The van der Waals surface area contributed by atoms with Crippen LogP contribution in [-0.4, -0.2) is 17.1 Å². The van der Waals surface area contributed by atoms with Crippen LogP contribution < -0.4 is 10.5 Å². The first kappa shape index (κ1) is 13.0. The maximum Gasteiger partial charge on any atom is 0.320 e. The quantitative estimate of drug-likeness (QED) is 0.638. The molecule has 0 aliphatic heterocycles. The molecule has 0 amide bonds.